The smallest absolute Gasteiger partial charge is 0.291 e. The van der Waals surface area contributed by atoms with Crippen LogP contribution >= 0.6 is 11.6 Å². The summed E-state index contributed by atoms with van der Waals surface area (Å²) >= 11 is 5.94. The molecule has 2 unspecified atom stereocenters. The van der Waals surface area contributed by atoms with Crippen molar-refractivity contribution >= 4 is 17.3 Å². The lowest BCUT2D eigenvalue weighted by atomic mass is 10.2. The van der Waals surface area contributed by atoms with E-state index in [4.69, 9.17) is 25.8 Å². The van der Waals surface area contributed by atoms with Gasteiger partial charge in [0.05, 0.1) is 4.92 Å². The second kappa shape index (κ2) is 6.88. The minimum Gasteiger partial charge on any atom is -0.463 e. The van der Waals surface area contributed by atoms with Crippen molar-refractivity contribution in [3.63, 3.8) is 0 Å². The normalized spacial score (nSPS) is 20.4. The first-order chi connectivity index (χ1) is 9.58. The molecule has 0 spiro atoms. The Morgan fingerprint density at radius 1 is 1.50 bits per heavy atom. The number of ether oxygens (including phenoxy) is 3. The molecule has 1 aliphatic heterocycles. The Balaban J connectivity index is 1.98. The summed E-state index contributed by atoms with van der Waals surface area (Å²) in [7, 11) is 0. The predicted octanol–water partition coefficient (Wildman–Crippen LogP) is 3.52. The van der Waals surface area contributed by atoms with Crippen molar-refractivity contribution in [3.8, 4) is 5.75 Å². The monoisotopic (exact) mass is 301 g/mol. The maximum Gasteiger partial charge on any atom is 0.291 e. The van der Waals surface area contributed by atoms with Gasteiger partial charge in [-0.25, -0.2) is 0 Å². The second-order valence-electron chi connectivity index (χ2n) is 4.46. The van der Waals surface area contributed by atoms with Crippen LogP contribution in [-0.2, 0) is 9.47 Å². The number of hydrogen-bond donors (Lipinski definition) is 0. The molecular formula is C13H16ClNO5. The third-order valence-corrected chi connectivity index (χ3v) is 3.29. The summed E-state index contributed by atoms with van der Waals surface area (Å²) in [4.78, 5) is 10.2. The minimum atomic E-state index is -0.599. The first-order valence-corrected chi connectivity index (χ1v) is 6.82. The fraction of sp³-hybridized carbons (Fsp3) is 0.538. The van der Waals surface area contributed by atoms with Crippen LogP contribution in [-0.4, -0.2) is 24.1 Å². The van der Waals surface area contributed by atoms with E-state index in [1.54, 1.807) is 13.0 Å². The third kappa shape index (κ3) is 3.82. The van der Waals surface area contributed by atoms with Gasteiger partial charge in [-0.2, -0.15) is 0 Å². The Morgan fingerprint density at radius 2 is 2.30 bits per heavy atom. The lowest BCUT2D eigenvalue weighted by Crippen LogP contribution is -2.29. The lowest BCUT2D eigenvalue weighted by molar-refractivity contribution is -0.384. The van der Waals surface area contributed by atoms with E-state index in [0.717, 1.165) is 19.3 Å². The summed E-state index contributed by atoms with van der Waals surface area (Å²) in [5.41, 5.74) is -0.190. The molecule has 1 saturated heterocycles. The molecule has 7 heteroatoms. The Kier molecular flexibility index (Phi) is 5.17. The molecule has 1 aromatic rings. The molecule has 1 aromatic carbocycles. The second-order valence-corrected chi connectivity index (χ2v) is 4.84. The van der Waals surface area contributed by atoms with Crippen molar-refractivity contribution in [1.82, 2.24) is 0 Å². The van der Waals surface area contributed by atoms with Gasteiger partial charge in [-0.05, 0) is 32.3 Å². The minimum absolute atomic E-state index is 0.0301. The molecule has 110 valence electrons. The summed E-state index contributed by atoms with van der Waals surface area (Å²) in [6.45, 7) is 2.38. The molecular weight excluding hydrogens is 286 g/mol. The molecule has 0 amide bonds. The molecule has 0 radical (unpaired) electrons. The number of nitro groups is 1. The van der Waals surface area contributed by atoms with Crippen LogP contribution in [0.25, 0.3) is 0 Å². The van der Waals surface area contributed by atoms with E-state index >= 15 is 0 Å². The Hall–Kier alpha value is -1.37. The highest BCUT2D eigenvalue weighted by Crippen LogP contribution is 2.34. The van der Waals surface area contributed by atoms with Gasteiger partial charge in [0.1, 0.15) is 5.75 Å². The van der Waals surface area contributed by atoms with Crippen LogP contribution in [0, 0.1) is 10.1 Å². The van der Waals surface area contributed by atoms with Crippen LogP contribution in [0.4, 0.5) is 5.69 Å². The molecule has 0 bridgehead atoms. The molecule has 20 heavy (non-hydrogen) atoms. The van der Waals surface area contributed by atoms with Gasteiger partial charge in [0.2, 0.25) is 0 Å². The van der Waals surface area contributed by atoms with Gasteiger partial charge in [0.15, 0.2) is 17.6 Å². The SMILES string of the molecule is CC(Oc1cccc([N+](=O)[O-])c1Cl)OC1CCCCO1. The first-order valence-electron chi connectivity index (χ1n) is 6.44. The van der Waals surface area contributed by atoms with Gasteiger partial charge in [-0.1, -0.05) is 17.7 Å². The van der Waals surface area contributed by atoms with Crippen molar-refractivity contribution in [2.24, 2.45) is 0 Å². The molecule has 2 rings (SSSR count). The molecule has 0 aromatic heterocycles. The van der Waals surface area contributed by atoms with Crippen LogP contribution in [0.5, 0.6) is 5.75 Å². The van der Waals surface area contributed by atoms with Gasteiger partial charge in [0, 0.05) is 12.7 Å². The zero-order valence-corrected chi connectivity index (χ0v) is 11.8. The molecule has 2 atom stereocenters. The summed E-state index contributed by atoms with van der Waals surface area (Å²) in [6, 6.07) is 4.41. The average Bonchev–Trinajstić information content (AvgIpc) is 2.42. The van der Waals surface area contributed by atoms with Gasteiger partial charge in [-0.15, -0.1) is 0 Å². The van der Waals surface area contributed by atoms with E-state index in [-0.39, 0.29) is 22.7 Å². The average molecular weight is 302 g/mol. The van der Waals surface area contributed by atoms with E-state index in [0.29, 0.717) is 6.61 Å². The number of nitro benzene ring substituents is 1. The number of benzene rings is 1. The maximum absolute atomic E-state index is 10.8. The highest BCUT2D eigenvalue weighted by Gasteiger charge is 2.21. The van der Waals surface area contributed by atoms with E-state index in [9.17, 15) is 10.1 Å². The van der Waals surface area contributed by atoms with E-state index in [1.165, 1.54) is 12.1 Å². The number of hydrogen-bond acceptors (Lipinski definition) is 5. The van der Waals surface area contributed by atoms with Gasteiger partial charge in [0.25, 0.3) is 5.69 Å². The topological polar surface area (TPSA) is 70.8 Å². The Labute approximate surface area is 121 Å². The molecule has 1 aliphatic rings. The van der Waals surface area contributed by atoms with Gasteiger partial charge < -0.3 is 14.2 Å². The molecule has 0 saturated carbocycles. The molecule has 6 nitrogen and oxygen atoms in total. The fourth-order valence-electron chi connectivity index (χ4n) is 1.97. The van der Waals surface area contributed by atoms with Gasteiger partial charge in [-0.3, -0.25) is 10.1 Å². The van der Waals surface area contributed by atoms with Crippen LogP contribution in [0.15, 0.2) is 18.2 Å². The first kappa shape index (κ1) is 15.0. The highest BCUT2D eigenvalue weighted by atomic mass is 35.5. The highest BCUT2D eigenvalue weighted by molar-refractivity contribution is 6.34. The van der Waals surface area contributed by atoms with Crippen molar-refractivity contribution in [1.29, 1.82) is 0 Å². The molecule has 1 heterocycles. The van der Waals surface area contributed by atoms with Crippen LogP contribution in [0.1, 0.15) is 26.2 Å². The summed E-state index contributed by atoms with van der Waals surface area (Å²) < 4.78 is 16.5. The van der Waals surface area contributed by atoms with Gasteiger partial charge >= 0.3 is 0 Å². The standard InChI is InChI=1S/C13H16ClNO5/c1-9(20-12-7-2-3-8-18-12)19-11-6-4-5-10(13(11)14)15(16)17/h4-6,9,12H,2-3,7-8H2,1H3. The van der Waals surface area contributed by atoms with E-state index in [2.05, 4.69) is 0 Å². The van der Waals surface area contributed by atoms with Crippen molar-refractivity contribution in [2.75, 3.05) is 6.61 Å². The molecule has 0 N–H and O–H groups in total. The van der Waals surface area contributed by atoms with Crippen LogP contribution < -0.4 is 4.74 Å². The predicted molar refractivity (Wildman–Crippen MR) is 72.9 cm³/mol. The summed E-state index contributed by atoms with van der Waals surface area (Å²) in [5, 5.41) is 10.8. The van der Waals surface area contributed by atoms with Crippen LogP contribution in [0.2, 0.25) is 5.02 Å². The number of rotatable bonds is 5. The van der Waals surface area contributed by atoms with Crippen LogP contribution in [0.3, 0.4) is 0 Å². The van der Waals surface area contributed by atoms with Crippen molar-refractivity contribution in [3.05, 3.63) is 33.3 Å². The third-order valence-electron chi connectivity index (χ3n) is 2.91. The summed E-state index contributed by atoms with van der Waals surface area (Å²) in [6.07, 6.45) is 2.01. The number of halogens is 1. The maximum atomic E-state index is 10.8. The zero-order chi connectivity index (χ0) is 14.5. The molecule has 1 fully saturated rings. The van der Waals surface area contributed by atoms with Crippen molar-refractivity contribution < 1.29 is 19.1 Å². The fourth-order valence-corrected chi connectivity index (χ4v) is 2.21. The zero-order valence-electron chi connectivity index (χ0n) is 11.1. The van der Waals surface area contributed by atoms with E-state index in [1.807, 2.05) is 0 Å². The Morgan fingerprint density at radius 3 is 2.95 bits per heavy atom. The van der Waals surface area contributed by atoms with Crippen molar-refractivity contribution in [2.45, 2.75) is 38.8 Å². The summed E-state index contributed by atoms with van der Waals surface area (Å²) in [5.74, 6) is 0.226. The van der Waals surface area contributed by atoms with E-state index < -0.39 is 11.2 Å². The quantitative estimate of drug-likeness (QED) is 0.473. The largest absolute Gasteiger partial charge is 0.463 e. The lowest BCUT2D eigenvalue weighted by Gasteiger charge is -2.26. The number of nitrogens with zero attached hydrogens (tertiary/aromatic N) is 1. The molecule has 0 aliphatic carbocycles. The Bertz CT molecular complexity index is 476.